The summed E-state index contributed by atoms with van der Waals surface area (Å²) in [5.41, 5.74) is 0. The van der Waals surface area contributed by atoms with Crippen LogP contribution in [0.5, 0.6) is 0 Å². The molecule has 0 atom stereocenters. The Labute approximate surface area is 135 Å². The van der Waals surface area contributed by atoms with Gasteiger partial charge in [0.1, 0.15) is 0 Å². The molecule has 0 aromatic carbocycles. The van der Waals surface area contributed by atoms with Crippen LogP contribution in [0.4, 0.5) is 0 Å². The molecule has 0 bridgehead atoms. The van der Waals surface area contributed by atoms with E-state index in [1.54, 1.807) is 0 Å². The van der Waals surface area contributed by atoms with E-state index in [-0.39, 0.29) is 23.7 Å². The van der Waals surface area contributed by atoms with Gasteiger partial charge in [0.05, 0.1) is 0 Å². The van der Waals surface area contributed by atoms with Crippen molar-refractivity contribution in [3.63, 3.8) is 0 Å². The van der Waals surface area contributed by atoms with Crippen LogP contribution in [-0.2, 0) is 9.59 Å². The molecule has 2 amide bonds. The SMILES string of the molecule is CCCCCNC(=O)C1CCC(C(=O)NCCCCC)CC1. The summed E-state index contributed by atoms with van der Waals surface area (Å²) in [6.45, 7) is 5.92. The van der Waals surface area contributed by atoms with Gasteiger partial charge in [0, 0.05) is 24.9 Å². The van der Waals surface area contributed by atoms with Crippen LogP contribution in [0.1, 0.15) is 78.1 Å². The summed E-state index contributed by atoms with van der Waals surface area (Å²) in [6.07, 6.45) is 10.2. The molecule has 4 heteroatoms. The van der Waals surface area contributed by atoms with E-state index in [1.807, 2.05) is 0 Å². The van der Waals surface area contributed by atoms with Gasteiger partial charge in [-0.05, 0) is 38.5 Å². The second kappa shape index (κ2) is 11.5. The van der Waals surface area contributed by atoms with Crippen LogP contribution in [-0.4, -0.2) is 24.9 Å². The Kier molecular flexibility index (Phi) is 9.93. The molecule has 1 aliphatic rings. The topological polar surface area (TPSA) is 58.2 Å². The maximum Gasteiger partial charge on any atom is 0.223 e. The van der Waals surface area contributed by atoms with E-state index in [0.717, 1.165) is 51.6 Å². The molecule has 1 saturated carbocycles. The smallest absolute Gasteiger partial charge is 0.223 e. The summed E-state index contributed by atoms with van der Waals surface area (Å²) in [5, 5.41) is 6.08. The van der Waals surface area contributed by atoms with Gasteiger partial charge in [0.2, 0.25) is 11.8 Å². The third kappa shape index (κ3) is 7.28. The summed E-state index contributed by atoms with van der Waals surface area (Å²) in [5.74, 6) is 0.618. The largest absolute Gasteiger partial charge is 0.356 e. The minimum absolute atomic E-state index is 0.116. The molecule has 22 heavy (non-hydrogen) atoms. The second-order valence-electron chi connectivity index (χ2n) is 6.54. The molecular formula is C18H34N2O2. The highest BCUT2D eigenvalue weighted by Crippen LogP contribution is 2.29. The summed E-state index contributed by atoms with van der Waals surface area (Å²) >= 11 is 0. The van der Waals surface area contributed by atoms with Crippen LogP contribution in [0.25, 0.3) is 0 Å². The lowest BCUT2D eigenvalue weighted by molar-refractivity contribution is -0.130. The van der Waals surface area contributed by atoms with E-state index in [0.29, 0.717) is 0 Å². The number of hydrogen-bond donors (Lipinski definition) is 2. The highest BCUT2D eigenvalue weighted by atomic mass is 16.2. The van der Waals surface area contributed by atoms with Crippen LogP contribution in [0.15, 0.2) is 0 Å². The quantitative estimate of drug-likeness (QED) is 0.608. The number of carbonyl (C=O) groups excluding carboxylic acids is 2. The van der Waals surface area contributed by atoms with Gasteiger partial charge in [-0.1, -0.05) is 39.5 Å². The zero-order valence-corrected chi connectivity index (χ0v) is 14.5. The number of carbonyl (C=O) groups is 2. The molecule has 0 spiro atoms. The average Bonchev–Trinajstić information content (AvgIpc) is 2.55. The van der Waals surface area contributed by atoms with Crippen molar-refractivity contribution in [2.45, 2.75) is 78.1 Å². The van der Waals surface area contributed by atoms with Gasteiger partial charge in [-0.15, -0.1) is 0 Å². The van der Waals surface area contributed by atoms with Crippen molar-refractivity contribution >= 4 is 11.8 Å². The monoisotopic (exact) mass is 310 g/mol. The fourth-order valence-corrected chi connectivity index (χ4v) is 3.08. The van der Waals surface area contributed by atoms with E-state index in [2.05, 4.69) is 24.5 Å². The van der Waals surface area contributed by atoms with Crippen LogP contribution in [0.2, 0.25) is 0 Å². The molecule has 0 aromatic rings. The molecule has 0 heterocycles. The van der Waals surface area contributed by atoms with Crippen molar-refractivity contribution in [2.24, 2.45) is 11.8 Å². The Bertz CT molecular complexity index is 291. The number of rotatable bonds is 10. The van der Waals surface area contributed by atoms with Crippen LogP contribution < -0.4 is 10.6 Å². The van der Waals surface area contributed by atoms with Crippen molar-refractivity contribution in [1.29, 1.82) is 0 Å². The number of unbranched alkanes of at least 4 members (excludes halogenated alkanes) is 4. The van der Waals surface area contributed by atoms with Crippen LogP contribution in [0.3, 0.4) is 0 Å². The van der Waals surface area contributed by atoms with E-state index in [4.69, 9.17) is 0 Å². The van der Waals surface area contributed by atoms with Crippen molar-refractivity contribution in [3.05, 3.63) is 0 Å². The lowest BCUT2D eigenvalue weighted by Gasteiger charge is -2.27. The fourth-order valence-electron chi connectivity index (χ4n) is 3.08. The van der Waals surface area contributed by atoms with Gasteiger partial charge in [0.25, 0.3) is 0 Å². The highest BCUT2D eigenvalue weighted by molar-refractivity contribution is 5.81. The Morgan fingerprint density at radius 1 is 0.727 bits per heavy atom. The van der Waals surface area contributed by atoms with Crippen LogP contribution in [0, 0.1) is 11.8 Å². The van der Waals surface area contributed by atoms with E-state index >= 15 is 0 Å². The number of hydrogen-bond acceptors (Lipinski definition) is 2. The summed E-state index contributed by atoms with van der Waals surface area (Å²) < 4.78 is 0. The Morgan fingerprint density at radius 2 is 1.09 bits per heavy atom. The minimum Gasteiger partial charge on any atom is -0.356 e. The fraction of sp³-hybridized carbons (Fsp3) is 0.889. The van der Waals surface area contributed by atoms with Crippen molar-refractivity contribution in [3.8, 4) is 0 Å². The van der Waals surface area contributed by atoms with E-state index < -0.39 is 0 Å². The molecular weight excluding hydrogens is 276 g/mol. The standard InChI is InChI=1S/C18H34N2O2/c1-3-5-7-13-19-17(21)15-9-11-16(12-10-15)18(22)20-14-8-6-4-2/h15-16H,3-14H2,1-2H3,(H,19,21)(H,20,22). The first kappa shape index (κ1) is 19.0. The zero-order valence-electron chi connectivity index (χ0n) is 14.5. The number of nitrogens with one attached hydrogen (secondary N) is 2. The lowest BCUT2D eigenvalue weighted by Crippen LogP contribution is -2.38. The molecule has 0 aliphatic heterocycles. The zero-order chi connectivity index (χ0) is 16.2. The first-order chi connectivity index (χ1) is 10.7. The maximum absolute atomic E-state index is 12.1. The predicted molar refractivity (Wildman–Crippen MR) is 90.5 cm³/mol. The molecule has 0 unspecified atom stereocenters. The third-order valence-corrected chi connectivity index (χ3v) is 4.63. The van der Waals surface area contributed by atoms with Gasteiger partial charge >= 0.3 is 0 Å². The third-order valence-electron chi connectivity index (χ3n) is 4.63. The van der Waals surface area contributed by atoms with Crippen molar-refractivity contribution in [2.75, 3.05) is 13.1 Å². The summed E-state index contributed by atoms with van der Waals surface area (Å²) in [6, 6.07) is 0. The van der Waals surface area contributed by atoms with E-state index in [9.17, 15) is 9.59 Å². The van der Waals surface area contributed by atoms with Gasteiger partial charge in [0.15, 0.2) is 0 Å². The molecule has 4 nitrogen and oxygen atoms in total. The molecule has 1 rings (SSSR count). The van der Waals surface area contributed by atoms with E-state index in [1.165, 1.54) is 25.7 Å². The Morgan fingerprint density at radius 3 is 1.41 bits per heavy atom. The van der Waals surface area contributed by atoms with Crippen molar-refractivity contribution in [1.82, 2.24) is 10.6 Å². The molecule has 0 saturated heterocycles. The van der Waals surface area contributed by atoms with Gasteiger partial charge in [-0.2, -0.15) is 0 Å². The normalized spacial score (nSPS) is 21.4. The summed E-state index contributed by atoms with van der Waals surface area (Å²) in [4.78, 5) is 24.1. The molecule has 1 fully saturated rings. The predicted octanol–water partition coefficient (Wildman–Crippen LogP) is 3.41. The van der Waals surface area contributed by atoms with Gasteiger partial charge in [-0.3, -0.25) is 9.59 Å². The Hall–Kier alpha value is -1.06. The summed E-state index contributed by atoms with van der Waals surface area (Å²) in [7, 11) is 0. The van der Waals surface area contributed by atoms with Crippen molar-refractivity contribution < 1.29 is 9.59 Å². The van der Waals surface area contributed by atoms with Gasteiger partial charge in [-0.25, -0.2) is 0 Å². The first-order valence-electron chi connectivity index (χ1n) is 9.24. The van der Waals surface area contributed by atoms with Gasteiger partial charge < -0.3 is 10.6 Å². The second-order valence-corrected chi connectivity index (χ2v) is 6.54. The molecule has 1 aliphatic carbocycles. The Balaban J connectivity index is 2.16. The number of amides is 2. The molecule has 0 aromatic heterocycles. The molecule has 0 radical (unpaired) electrons. The average molecular weight is 310 g/mol. The molecule has 128 valence electrons. The van der Waals surface area contributed by atoms with Crippen LogP contribution >= 0.6 is 0 Å². The first-order valence-corrected chi connectivity index (χ1v) is 9.24. The lowest BCUT2D eigenvalue weighted by atomic mass is 9.81. The minimum atomic E-state index is 0.116. The highest BCUT2D eigenvalue weighted by Gasteiger charge is 2.29. The molecule has 2 N–H and O–H groups in total. The maximum atomic E-state index is 12.1.